The van der Waals surface area contributed by atoms with E-state index in [-0.39, 0.29) is 12.5 Å². The smallest absolute Gasteiger partial charge is 0.125 e. The standard InChI is InChI=1S/C13H18O4/c1-16-11-3-4-12(17-2)13-9(11)5-8(7-14)6-10(13)15/h3-4,8,10,14-15H,5-7H2,1-2H3. The van der Waals surface area contributed by atoms with Gasteiger partial charge in [0.25, 0.3) is 0 Å². The van der Waals surface area contributed by atoms with Crippen LogP contribution in [0.2, 0.25) is 0 Å². The predicted molar refractivity (Wildman–Crippen MR) is 63.4 cm³/mol. The van der Waals surface area contributed by atoms with Crippen molar-refractivity contribution in [3.8, 4) is 11.5 Å². The number of hydrogen-bond donors (Lipinski definition) is 2. The van der Waals surface area contributed by atoms with Gasteiger partial charge in [0.05, 0.1) is 20.3 Å². The van der Waals surface area contributed by atoms with Gasteiger partial charge in [-0.1, -0.05) is 0 Å². The van der Waals surface area contributed by atoms with E-state index in [1.807, 2.05) is 6.07 Å². The molecular formula is C13H18O4. The SMILES string of the molecule is COc1ccc(OC)c2c1CC(CO)CC2O. The van der Waals surface area contributed by atoms with Gasteiger partial charge >= 0.3 is 0 Å². The largest absolute Gasteiger partial charge is 0.496 e. The van der Waals surface area contributed by atoms with Crippen molar-refractivity contribution in [2.45, 2.75) is 18.9 Å². The fourth-order valence-corrected chi connectivity index (χ4v) is 2.51. The molecule has 1 aromatic rings. The van der Waals surface area contributed by atoms with Gasteiger partial charge in [0.2, 0.25) is 0 Å². The van der Waals surface area contributed by atoms with E-state index in [1.54, 1.807) is 20.3 Å². The Morgan fingerprint density at radius 3 is 2.47 bits per heavy atom. The van der Waals surface area contributed by atoms with Crippen LogP contribution in [0, 0.1) is 5.92 Å². The molecule has 2 rings (SSSR count). The van der Waals surface area contributed by atoms with Crippen LogP contribution in [0.4, 0.5) is 0 Å². The first-order valence-corrected chi connectivity index (χ1v) is 5.74. The molecule has 0 fully saturated rings. The molecule has 0 saturated carbocycles. The van der Waals surface area contributed by atoms with Gasteiger partial charge in [-0.2, -0.15) is 0 Å². The van der Waals surface area contributed by atoms with Crippen LogP contribution in [0.25, 0.3) is 0 Å². The van der Waals surface area contributed by atoms with Crippen molar-refractivity contribution in [2.24, 2.45) is 5.92 Å². The highest BCUT2D eigenvalue weighted by atomic mass is 16.5. The number of hydrogen-bond acceptors (Lipinski definition) is 4. The minimum atomic E-state index is -0.596. The summed E-state index contributed by atoms with van der Waals surface area (Å²) in [5.74, 6) is 1.51. The van der Waals surface area contributed by atoms with E-state index < -0.39 is 6.10 Å². The van der Waals surface area contributed by atoms with Crippen molar-refractivity contribution >= 4 is 0 Å². The predicted octanol–water partition coefficient (Wildman–Crippen LogP) is 1.29. The van der Waals surface area contributed by atoms with E-state index in [0.29, 0.717) is 18.6 Å². The zero-order chi connectivity index (χ0) is 12.4. The van der Waals surface area contributed by atoms with E-state index in [0.717, 1.165) is 16.9 Å². The van der Waals surface area contributed by atoms with Gasteiger partial charge < -0.3 is 19.7 Å². The molecule has 0 aromatic heterocycles. The summed E-state index contributed by atoms with van der Waals surface area (Å²) in [6.45, 7) is 0.0802. The monoisotopic (exact) mass is 238 g/mol. The second kappa shape index (κ2) is 4.94. The van der Waals surface area contributed by atoms with Crippen LogP contribution in [-0.2, 0) is 6.42 Å². The van der Waals surface area contributed by atoms with Gasteiger partial charge in [-0.25, -0.2) is 0 Å². The number of aliphatic hydroxyl groups excluding tert-OH is 2. The zero-order valence-electron chi connectivity index (χ0n) is 10.1. The molecule has 0 radical (unpaired) electrons. The highest BCUT2D eigenvalue weighted by molar-refractivity contribution is 5.51. The lowest BCUT2D eigenvalue weighted by Gasteiger charge is -2.30. The Labute approximate surface area is 101 Å². The molecule has 17 heavy (non-hydrogen) atoms. The summed E-state index contributed by atoms with van der Waals surface area (Å²) in [5, 5.41) is 19.4. The van der Waals surface area contributed by atoms with Crippen molar-refractivity contribution in [3.63, 3.8) is 0 Å². The average molecular weight is 238 g/mol. The Balaban J connectivity index is 2.51. The molecule has 4 heteroatoms. The normalized spacial score (nSPS) is 23.1. The third-order valence-corrected chi connectivity index (χ3v) is 3.35. The summed E-state index contributed by atoms with van der Waals surface area (Å²) in [7, 11) is 3.20. The number of rotatable bonds is 3. The summed E-state index contributed by atoms with van der Waals surface area (Å²) < 4.78 is 10.6. The lowest BCUT2D eigenvalue weighted by Crippen LogP contribution is -2.22. The van der Waals surface area contributed by atoms with Crippen molar-refractivity contribution < 1.29 is 19.7 Å². The zero-order valence-corrected chi connectivity index (χ0v) is 10.1. The van der Waals surface area contributed by atoms with Crippen molar-refractivity contribution in [2.75, 3.05) is 20.8 Å². The van der Waals surface area contributed by atoms with E-state index in [2.05, 4.69) is 0 Å². The topological polar surface area (TPSA) is 58.9 Å². The Kier molecular flexibility index (Phi) is 3.54. The van der Waals surface area contributed by atoms with Gasteiger partial charge in [-0.3, -0.25) is 0 Å². The quantitative estimate of drug-likeness (QED) is 0.833. The fourth-order valence-electron chi connectivity index (χ4n) is 2.51. The van der Waals surface area contributed by atoms with Gasteiger partial charge in [0, 0.05) is 17.7 Å². The maximum atomic E-state index is 10.1. The Bertz CT molecular complexity index is 403. The molecule has 1 aliphatic carbocycles. The fraction of sp³-hybridized carbons (Fsp3) is 0.538. The molecule has 2 atom stereocenters. The first-order chi connectivity index (χ1) is 8.21. The van der Waals surface area contributed by atoms with Gasteiger partial charge in [-0.15, -0.1) is 0 Å². The summed E-state index contributed by atoms with van der Waals surface area (Å²) in [6.07, 6.45) is 0.678. The maximum Gasteiger partial charge on any atom is 0.125 e. The molecule has 94 valence electrons. The van der Waals surface area contributed by atoms with Crippen LogP contribution in [0.5, 0.6) is 11.5 Å². The third-order valence-electron chi connectivity index (χ3n) is 3.35. The van der Waals surface area contributed by atoms with Crippen LogP contribution in [0.15, 0.2) is 12.1 Å². The van der Waals surface area contributed by atoms with E-state index in [4.69, 9.17) is 9.47 Å². The number of aliphatic hydroxyl groups is 2. The van der Waals surface area contributed by atoms with Crippen molar-refractivity contribution in [3.05, 3.63) is 23.3 Å². The van der Waals surface area contributed by atoms with Crippen LogP contribution in [0.3, 0.4) is 0 Å². The number of methoxy groups -OCH3 is 2. The Morgan fingerprint density at radius 2 is 1.88 bits per heavy atom. The molecule has 1 aliphatic rings. The van der Waals surface area contributed by atoms with E-state index >= 15 is 0 Å². The minimum Gasteiger partial charge on any atom is -0.496 e. The maximum absolute atomic E-state index is 10.1. The molecule has 4 nitrogen and oxygen atoms in total. The highest BCUT2D eigenvalue weighted by Gasteiger charge is 2.30. The molecule has 0 saturated heterocycles. The molecule has 0 heterocycles. The molecular weight excluding hydrogens is 220 g/mol. The molecule has 0 spiro atoms. The Morgan fingerprint density at radius 1 is 1.24 bits per heavy atom. The summed E-state index contributed by atoms with van der Waals surface area (Å²) >= 11 is 0. The lowest BCUT2D eigenvalue weighted by molar-refractivity contribution is 0.101. The summed E-state index contributed by atoms with van der Waals surface area (Å²) in [4.78, 5) is 0. The molecule has 2 N–H and O–H groups in total. The summed E-state index contributed by atoms with van der Waals surface area (Å²) in [5.41, 5.74) is 1.75. The van der Waals surface area contributed by atoms with Crippen LogP contribution in [0.1, 0.15) is 23.7 Å². The highest BCUT2D eigenvalue weighted by Crippen LogP contribution is 2.42. The third kappa shape index (κ3) is 2.10. The van der Waals surface area contributed by atoms with Crippen LogP contribution in [-0.4, -0.2) is 31.0 Å². The molecule has 0 aliphatic heterocycles. The van der Waals surface area contributed by atoms with E-state index in [1.165, 1.54) is 0 Å². The number of benzene rings is 1. The van der Waals surface area contributed by atoms with Crippen molar-refractivity contribution in [1.29, 1.82) is 0 Å². The first-order valence-electron chi connectivity index (χ1n) is 5.74. The van der Waals surface area contributed by atoms with Crippen molar-refractivity contribution in [1.82, 2.24) is 0 Å². The lowest BCUT2D eigenvalue weighted by atomic mass is 9.81. The molecule has 1 aromatic carbocycles. The van der Waals surface area contributed by atoms with Gasteiger partial charge in [-0.05, 0) is 30.9 Å². The first kappa shape index (κ1) is 12.2. The Hall–Kier alpha value is -1.26. The minimum absolute atomic E-state index is 0.0802. The number of ether oxygens (including phenoxy) is 2. The molecule has 0 amide bonds. The molecule has 2 unspecified atom stereocenters. The second-order valence-electron chi connectivity index (χ2n) is 4.37. The number of fused-ring (bicyclic) bond motifs is 1. The van der Waals surface area contributed by atoms with Gasteiger partial charge in [0.15, 0.2) is 0 Å². The second-order valence-corrected chi connectivity index (χ2v) is 4.37. The molecule has 0 bridgehead atoms. The van der Waals surface area contributed by atoms with Gasteiger partial charge in [0.1, 0.15) is 11.5 Å². The van der Waals surface area contributed by atoms with Crippen LogP contribution >= 0.6 is 0 Å². The van der Waals surface area contributed by atoms with E-state index in [9.17, 15) is 10.2 Å². The van der Waals surface area contributed by atoms with Crippen LogP contribution < -0.4 is 9.47 Å². The summed E-state index contributed by atoms with van der Waals surface area (Å²) in [6, 6.07) is 3.64. The average Bonchev–Trinajstić information content (AvgIpc) is 2.37.